The zero-order valence-electron chi connectivity index (χ0n) is 9.83. The van der Waals surface area contributed by atoms with Gasteiger partial charge in [-0.3, -0.25) is 4.79 Å². The highest BCUT2D eigenvalue weighted by molar-refractivity contribution is 7.13. The number of nitrogens with zero attached hydrogens (tertiary/aromatic N) is 4. The van der Waals surface area contributed by atoms with Crippen LogP contribution in [0, 0.1) is 5.82 Å². The molecule has 100 valence electrons. The molecule has 0 unspecified atom stereocenters. The molecule has 0 N–H and O–H groups in total. The van der Waals surface area contributed by atoms with Crippen LogP contribution >= 0.6 is 22.9 Å². The molecule has 20 heavy (non-hydrogen) atoms. The molecule has 0 saturated carbocycles. The van der Waals surface area contributed by atoms with Crippen molar-refractivity contribution in [2.75, 3.05) is 0 Å². The van der Waals surface area contributed by atoms with Gasteiger partial charge in [-0.25, -0.2) is 9.37 Å². The predicted octanol–water partition coefficient (Wildman–Crippen LogP) is 4.45. The first-order chi connectivity index (χ1) is 9.61. The Bertz CT molecular complexity index is 717. The monoisotopic (exact) mass is 308 g/mol. The Morgan fingerprint density at radius 1 is 1.55 bits per heavy atom. The minimum absolute atomic E-state index is 0.222. The molecule has 2 rings (SSSR count). The second-order valence-corrected chi connectivity index (χ2v) is 4.80. The number of carbonyl (C=O) groups excluding carboxylic acids is 1. The van der Waals surface area contributed by atoms with Crippen LogP contribution in [0.4, 0.5) is 4.39 Å². The van der Waals surface area contributed by atoms with Gasteiger partial charge in [0, 0.05) is 10.3 Å². The Morgan fingerprint density at radius 2 is 2.35 bits per heavy atom. The second-order valence-electron chi connectivity index (χ2n) is 3.54. The van der Waals surface area contributed by atoms with Gasteiger partial charge in [0.1, 0.15) is 10.8 Å². The fourth-order valence-corrected chi connectivity index (χ4v) is 2.57. The largest absolute Gasteiger partial charge is 0.288 e. The van der Waals surface area contributed by atoms with E-state index < -0.39 is 11.7 Å². The van der Waals surface area contributed by atoms with Gasteiger partial charge in [-0.15, -0.1) is 11.3 Å². The minimum atomic E-state index is -0.731. The second kappa shape index (κ2) is 6.29. The lowest BCUT2D eigenvalue weighted by Gasteiger charge is -2.00. The van der Waals surface area contributed by atoms with Gasteiger partial charge in [0.05, 0.1) is 16.3 Å². The van der Waals surface area contributed by atoms with Gasteiger partial charge in [-0.2, -0.15) is 0 Å². The lowest BCUT2D eigenvalue weighted by molar-refractivity contribution is -0.113. The van der Waals surface area contributed by atoms with Gasteiger partial charge in [0.2, 0.25) is 5.91 Å². The molecular formula is C12H6ClFN4OS. The lowest BCUT2D eigenvalue weighted by Crippen LogP contribution is -1.86. The highest BCUT2D eigenvalue weighted by atomic mass is 35.5. The van der Waals surface area contributed by atoms with Crippen molar-refractivity contribution in [3.05, 3.63) is 56.6 Å². The van der Waals surface area contributed by atoms with Crippen LogP contribution in [0.15, 0.2) is 34.8 Å². The van der Waals surface area contributed by atoms with Gasteiger partial charge in [-0.05, 0) is 34.9 Å². The number of hydrogen-bond acceptors (Lipinski definition) is 3. The first-order valence-corrected chi connectivity index (χ1v) is 6.54. The quantitative estimate of drug-likeness (QED) is 0.363. The van der Waals surface area contributed by atoms with E-state index in [1.807, 2.05) is 0 Å². The summed E-state index contributed by atoms with van der Waals surface area (Å²) in [5, 5.41) is 5.19. The van der Waals surface area contributed by atoms with Crippen molar-refractivity contribution < 1.29 is 9.18 Å². The van der Waals surface area contributed by atoms with Crippen LogP contribution in [0.1, 0.15) is 5.69 Å². The van der Waals surface area contributed by atoms with Crippen molar-refractivity contribution in [2.24, 2.45) is 5.11 Å². The summed E-state index contributed by atoms with van der Waals surface area (Å²) in [4.78, 5) is 17.5. The Hall–Kier alpha value is -2.21. The Morgan fingerprint density at radius 3 is 3.05 bits per heavy atom. The molecule has 0 aliphatic carbocycles. The average molecular weight is 309 g/mol. The summed E-state index contributed by atoms with van der Waals surface area (Å²) in [5.41, 5.74) is 8.75. The zero-order valence-corrected chi connectivity index (χ0v) is 11.4. The molecule has 0 saturated heterocycles. The van der Waals surface area contributed by atoms with E-state index in [1.165, 1.54) is 29.5 Å². The Kier molecular flexibility index (Phi) is 4.47. The summed E-state index contributed by atoms with van der Waals surface area (Å²) in [6.07, 6.45) is 2.47. The van der Waals surface area contributed by atoms with Gasteiger partial charge >= 0.3 is 0 Å². The summed E-state index contributed by atoms with van der Waals surface area (Å²) in [6.45, 7) is 0. The molecule has 8 heteroatoms. The minimum Gasteiger partial charge on any atom is -0.288 e. The maximum Gasteiger partial charge on any atom is 0.242 e. The standard InChI is InChI=1S/C12H6ClFN4OS/c13-8-2-1-3-9(14)11(8)12-16-7(6-20-12)4-5-10(19)17-18-15/h1-6H. The number of amides is 1. The third kappa shape index (κ3) is 3.21. The fraction of sp³-hybridized carbons (Fsp3) is 0. The number of aromatic nitrogens is 1. The van der Waals surface area contributed by atoms with Crippen LogP contribution in [-0.2, 0) is 4.79 Å². The van der Waals surface area contributed by atoms with E-state index in [4.69, 9.17) is 17.1 Å². The van der Waals surface area contributed by atoms with Gasteiger partial charge in [0.15, 0.2) is 0 Å². The molecule has 0 aliphatic rings. The number of halogens is 2. The van der Waals surface area contributed by atoms with Crippen LogP contribution in [0.3, 0.4) is 0 Å². The third-order valence-corrected chi connectivity index (χ3v) is 3.43. The summed E-state index contributed by atoms with van der Waals surface area (Å²) in [5.74, 6) is -1.20. The highest BCUT2D eigenvalue weighted by Gasteiger charge is 2.12. The lowest BCUT2D eigenvalue weighted by atomic mass is 10.2. The van der Waals surface area contributed by atoms with Crippen molar-refractivity contribution in [2.45, 2.75) is 0 Å². The van der Waals surface area contributed by atoms with E-state index in [0.717, 1.165) is 6.08 Å². The molecule has 0 radical (unpaired) electrons. The SMILES string of the molecule is [N-]=[N+]=NC(=O)C=Cc1csc(-c2c(F)cccc2Cl)n1. The summed E-state index contributed by atoms with van der Waals surface area (Å²) >= 11 is 7.14. The predicted molar refractivity (Wildman–Crippen MR) is 75.7 cm³/mol. The number of thiazole rings is 1. The van der Waals surface area contributed by atoms with Gasteiger partial charge < -0.3 is 0 Å². The van der Waals surface area contributed by atoms with Crippen molar-refractivity contribution in [3.8, 4) is 10.6 Å². The van der Waals surface area contributed by atoms with E-state index >= 15 is 0 Å². The molecule has 1 amide bonds. The normalized spacial score (nSPS) is 10.5. The number of hydrogen-bond donors (Lipinski definition) is 0. The van der Waals surface area contributed by atoms with E-state index in [9.17, 15) is 9.18 Å². The molecule has 5 nitrogen and oxygen atoms in total. The van der Waals surface area contributed by atoms with Crippen LogP contribution in [0.25, 0.3) is 27.1 Å². The molecule has 1 aromatic carbocycles. The Labute approximate surface area is 122 Å². The van der Waals surface area contributed by atoms with Crippen LogP contribution < -0.4 is 0 Å². The average Bonchev–Trinajstić information content (AvgIpc) is 2.85. The number of carbonyl (C=O) groups is 1. The summed E-state index contributed by atoms with van der Waals surface area (Å²) in [6, 6.07) is 4.37. The third-order valence-electron chi connectivity index (χ3n) is 2.24. The summed E-state index contributed by atoms with van der Waals surface area (Å²) in [7, 11) is 0. The van der Waals surface area contributed by atoms with Crippen LogP contribution in [-0.4, -0.2) is 10.9 Å². The zero-order chi connectivity index (χ0) is 14.5. The van der Waals surface area contributed by atoms with Crippen molar-refractivity contribution >= 4 is 34.9 Å². The maximum absolute atomic E-state index is 13.7. The molecule has 1 heterocycles. The van der Waals surface area contributed by atoms with Crippen molar-refractivity contribution in [1.82, 2.24) is 4.98 Å². The van der Waals surface area contributed by atoms with E-state index in [2.05, 4.69) is 15.0 Å². The molecule has 1 aromatic heterocycles. The smallest absolute Gasteiger partial charge is 0.242 e. The fourth-order valence-electron chi connectivity index (χ4n) is 1.41. The molecule has 2 aromatic rings. The maximum atomic E-state index is 13.7. The molecule has 0 spiro atoms. The first-order valence-electron chi connectivity index (χ1n) is 5.29. The number of rotatable bonds is 3. The van der Waals surface area contributed by atoms with Crippen molar-refractivity contribution in [1.29, 1.82) is 0 Å². The molecule has 0 aliphatic heterocycles. The van der Waals surface area contributed by atoms with Crippen molar-refractivity contribution in [3.63, 3.8) is 0 Å². The van der Waals surface area contributed by atoms with E-state index in [1.54, 1.807) is 11.4 Å². The highest BCUT2D eigenvalue weighted by Crippen LogP contribution is 2.32. The van der Waals surface area contributed by atoms with Gasteiger partial charge in [-0.1, -0.05) is 17.7 Å². The topological polar surface area (TPSA) is 78.7 Å². The van der Waals surface area contributed by atoms with Gasteiger partial charge in [0.25, 0.3) is 0 Å². The Balaban J connectivity index is 2.30. The molecule has 0 bridgehead atoms. The summed E-state index contributed by atoms with van der Waals surface area (Å²) < 4.78 is 13.7. The number of benzene rings is 1. The molecule has 0 fully saturated rings. The first kappa shape index (κ1) is 14.2. The molecule has 0 atom stereocenters. The van der Waals surface area contributed by atoms with Crippen LogP contribution in [0.2, 0.25) is 5.02 Å². The van der Waals surface area contributed by atoms with E-state index in [-0.39, 0.29) is 10.6 Å². The molecular weight excluding hydrogens is 303 g/mol. The van der Waals surface area contributed by atoms with Crippen LogP contribution in [0.5, 0.6) is 0 Å². The number of azide groups is 1. The van der Waals surface area contributed by atoms with E-state index in [0.29, 0.717) is 10.7 Å².